The first-order valence-electron chi connectivity index (χ1n) is 4.84. The molecule has 1 atom stereocenters. The maximum absolute atomic E-state index is 6.03. The van der Waals surface area contributed by atoms with Crippen LogP contribution < -0.4 is 4.74 Å². The molecule has 1 saturated heterocycles. The van der Waals surface area contributed by atoms with Crippen molar-refractivity contribution in [2.45, 2.75) is 18.9 Å². The van der Waals surface area contributed by atoms with Crippen molar-refractivity contribution in [1.82, 2.24) is 0 Å². The van der Waals surface area contributed by atoms with Crippen LogP contribution >= 0.6 is 23.2 Å². The van der Waals surface area contributed by atoms with Crippen LogP contribution in [0.5, 0.6) is 5.75 Å². The number of benzene rings is 1. The fraction of sp³-hybridized carbons (Fsp3) is 0.455. The number of ether oxygens (including phenoxy) is 2. The number of halogens is 2. The Bertz CT molecular complexity index is 339. The third-order valence-electron chi connectivity index (χ3n) is 2.42. The Kier molecular flexibility index (Phi) is 3.39. The summed E-state index contributed by atoms with van der Waals surface area (Å²) in [5.74, 6) is 0.546. The third kappa shape index (κ3) is 2.77. The number of epoxide rings is 1. The normalized spacial score (nSPS) is 19.0. The van der Waals surface area contributed by atoms with Gasteiger partial charge in [-0.1, -0.05) is 23.2 Å². The first-order chi connectivity index (χ1) is 7.20. The van der Waals surface area contributed by atoms with Gasteiger partial charge in [-0.2, -0.15) is 0 Å². The molecule has 82 valence electrons. The van der Waals surface area contributed by atoms with Crippen molar-refractivity contribution in [3.8, 4) is 5.75 Å². The summed E-state index contributed by atoms with van der Waals surface area (Å²) in [6.45, 7) is 0.887. The van der Waals surface area contributed by atoms with Crippen LogP contribution in [0, 0.1) is 0 Å². The van der Waals surface area contributed by atoms with E-state index < -0.39 is 0 Å². The summed E-state index contributed by atoms with van der Waals surface area (Å²) in [6, 6.07) is 3.79. The van der Waals surface area contributed by atoms with Crippen molar-refractivity contribution >= 4 is 23.2 Å². The Hall–Kier alpha value is -0.440. The molecule has 1 unspecified atom stereocenters. The van der Waals surface area contributed by atoms with E-state index in [9.17, 15) is 0 Å². The topological polar surface area (TPSA) is 21.8 Å². The molecule has 4 heteroatoms. The van der Waals surface area contributed by atoms with Gasteiger partial charge in [0.25, 0.3) is 0 Å². The fourth-order valence-electron chi connectivity index (χ4n) is 1.51. The van der Waals surface area contributed by atoms with Crippen molar-refractivity contribution in [2.24, 2.45) is 0 Å². The maximum Gasteiger partial charge on any atom is 0.156 e. The predicted octanol–water partition coefficient (Wildman–Crippen LogP) is 3.33. The van der Waals surface area contributed by atoms with Gasteiger partial charge in [-0.15, -0.1) is 0 Å². The zero-order chi connectivity index (χ0) is 10.8. The molecule has 0 aliphatic carbocycles. The van der Waals surface area contributed by atoms with E-state index in [1.807, 2.05) is 12.1 Å². The third-order valence-corrected chi connectivity index (χ3v) is 2.98. The largest absolute Gasteiger partial charge is 0.494 e. The number of methoxy groups -OCH3 is 1. The summed E-state index contributed by atoms with van der Waals surface area (Å²) in [5.41, 5.74) is 1.13. The van der Waals surface area contributed by atoms with Crippen LogP contribution in [0.15, 0.2) is 12.1 Å². The van der Waals surface area contributed by atoms with Crippen LogP contribution in [0.2, 0.25) is 10.0 Å². The maximum atomic E-state index is 6.03. The first kappa shape index (κ1) is 11.1. The first-order valence-corrected chi connectivity index (χ1v) is 5.60. The predicted molar refractivity (Wildman–Crippen MR) is 61.1 cm³/mol. The molecule has 0 N–H and O–H groups in total. The Morgan fingerprint density at radius 1 is 1.40 bits per heavy atom. The zero-order valence-electron chi connectivity index (χ0n) is 8.43. The SMILES string of the molecule is COc1c(Cl)cc(CCC2CO2)cc1Cl. The van der Waals surface area contributed by atoms with E-state index in [4.69, 9.17) is 32.7 Å². The van der Waals surface area contributed by atoms with Crippen LogP contribution in [0.4, 0.5) is 0 Å². The summed E-state index contributed by atoms with van der Waals surface area (Å²) in [7, 11) is 1.56. The molecule has 2 nitrogen and oxygen atoms in total. The Morgan fingerprint density at radius 3 is 2.47 bits per heavy atom. The van der Waals surface area contributed by atoms with E-state index >= 15 is 0 Å². The van der Waals surface area contributed by atoms with E-state index in [2.05, 4.69) is 0 Å². The number of aryl methyl sites for hydroxylation is 1. The van der Waals surface area contributed by atoms with E-state index in [1.165, 1.54) is 0 Å². The van der Waals surface area contributed by atoms with Gasteiger partial charge in [-0.3, -0.25) is 0 Å². The molecule has 15 heavy (non-hydrogen) atoms. The van der Waals surface area contributed by atoms with E-state index in [0.717, 1.165) is 25.0 Å². The second-order valence-electron chi connectivity index (χ2n) is 3.59. The lowest BCUT2D eigenvalue weighted by Crippen LogP contribution is -1.93. The summed E-state index contributed by atoms with van der Waals surface area (Å²) >= 11 is 12.1. The number of hydrogen-bond acceptors (Lipinski definition) is 2. The Balaban J connectivity index is 2.10. The molecule has 0 amide bonds. The van der Waals surface area contributed by atoms with Crippen molar-refractivity contribution < 1.29 is 9.47 Å². The minimum absolute atomic E-state index is 0.435. The van der Waals surface area contributed by atoms with Gasteiger partial charge in [0.15, 0.2) is 5.75 Å². The molecular weight excluding hydrogens is 235 g/mol. The van der Waals surface area contributed by atoms with Crippen molar-refractivity contribution in [2.75, 3.05) is 13.7 Å². The highest BCUT2D eigenvalue weighted by molar-refractivity contribution is 6.37. The quantitative estimate of drug-likeness (QED) is 0.761. The standard InChI is InChI=1S/C11H12Cl2O2/c1-14-11-9(12)4-7(5-10(11)13)2-3-8-6-15-8/h4-5,8H,2-3,6H2,1H3. The minimum atomic E-state index is 0.435. The lowest BCUT2D eigenvalue weighted by molar-refractivity contribution is 0.396. The van der Waals surface area contributed by atoms with Gasteiger partial charge in [0.1, 0.15) is 0 Å². The van der Waals surface area contributed by atoms with Crippen LogP contribution in [-0.2, 0) is 11.2 Å². The molecule has 2 rings (SSSR count). The minimum Gasteiger partial charge on any atom is -0.494 e. The molecule has 1 aromatic rings. The van der Waals surface area contributed by atoms with Crippen LogP contribution in [-0.4, -0.2) is 19.8 Å². The monoisotopic (exact) mass is 246 g/mol. The van der Waals surface area contributed by atoms with Gasteiger partial charge < -0.3 is 9.47 Å². The number of rotatable bonds is 4. The van der Waals surface area contributed by atoms with Crippen molar-refractivity contribution in [3.05, 3.63) is 27.7 Å². The Labute approximate surface area is 99.1 Å². The van der Waals surface area contributed by atoms with Crippen LogP contribution in [0.25, 0.3) is 0 Å². The van der Waals surface area contributed by atoms with Crippen LogP contribution in [0.3, 0.4) is 0 Å². The zero-order valence-corrected chi connectivity index (χ0v) is 9.94. The average Bonchev–Trinajstić information content (AvgIpc) is 2.97. The van der Waals surface area contributed by atoms with Gasteiger partial charge in [0.05, 0.1) is 29.9 Å². The average molecular weight is 247 g/mol. The highest BCUT2D eigenvalue weighted by Gasteiger charge is 2.22. The summed E-state index contributed by atoms with van der Waals surface area (Å²) in [5, 5.41) is 1.13. The summed E-state index contributed by atoms with van der Waals surface area (Å²) < 4.78 is 10.2. The lowest BCUT2D eigenvalue weighted by Gasteiger charge is -2.08. The van der Waals surface area contributed by atoms with Crippen molar-refractivity contribution in [1.29, 1.82) is 0 Å². The fourth-order valence-corrected chi connectivity index (χ4v) is 2.20. The van der Waals surface area contributed by atoms with Gasteiger partial charge >= 0.3 is 0 Å². The highest BCUT2D eigenvalue weighted by Crippen LogP contribution is 2.34. The van der Waals surface area contributed by atoms with Gasteiger partial charge in [-0.25, -0.2) is 0 Å². The molecule has 1 heterocycles. The van der Waals surface area contributed by atoms with E-state index in [1.54, 1.807) is 7.11 Å². The molecule has 1 aliphatic heterocycles. The van der Waals surface area contributed by atoms with Gasteiger partial charge in [0.2, 0.25) is 0 Å². The van der Waals surface area contributed by atoms with E-state index in [0.29, 0.717) is 21.9 Å². The van der Waals surface area contributed by atoms with Crippen molar-refractivity contribution in [3.63, 3.8) is 0 Å². The smallest absolute Gasteiger partial charge is 0.156 e. The molecular formula is C11H12Cl2O2. The van der Waals surface area contributed by atoms with Gasteiger partial charge in [-0.05, 0) is 30.5 Å². The molecule has 1 aromatic carbocycles. The van der Waals surface area contributed by atoms with Gasteiger partial charge in [0, 0.05) is 0 Å². The highest BCUT2D eigenvalue weighted by atomic mass is 35.5. The molecule has 0 radical (unpaired) electrons. The van der Waals surface area contributed by atoms with Crippen LogP contribution in [0.1, 0.15) is 12.0 Å². The second-order valence-corrected chi connectivity index (χ2v) is 4.40. The summed E-state index contributed by atoms with van der Waals surface area (Å²) in [6.07, 6.45) is 2.40. The molecule has 0 aromatic heterocycles. The second kappa shape index (κ2) is 4.60. The molecule has 1 fully saturated rings. The van der Waals surface area contributed by atoms with E-state index in [-0.39, 0.29) is 0 Å². The molecule has 0 spiro atoms. The molecule has 1 aliphatic rings. The Morgan fingerprint density at radius 2 is 2.00 bits per heavy atom. The molecule has 0 bridgehead atoms. The lowest BCUT2D eigenvalue weighted by atomic mass is 10.1. The number of hydrogen-bond donors (Lipinski definition) is 0. The summed E-state index contributed by atoms with van der Waals surface area (Å²) in [4.78, 5) is 0. The molecule has 0 saturated carbocycles.